The van der Waals surface area contributed by atoms with E-state index in [-0.39, 0.29) is 6.10 Å². The Hall–Kier alpha value is -3.54. The number of aromatic nitrogens is 4. The van der Waals surface area contributed by atoms with Gasteiger partial charge in [-0.1, -0.05) is 42.5 Å². The summed E-state index contributed by atoms with van der Waals surface area (Å²) in [6.07, 6.45) is 5.02. The van der Waals surface area contributed by atoms with E-state index in [1.807, 2.05) is 43.3 Å². The zero-order chi connectivity index (χ0) is 18.5. The van der Waals surface area contributed by atoms with Crippen LogP contribution in [0.3, 0.4) is 0 Å². The molecule has 27 heavy (non-hydrogen) atoms. The van der Waals surface area contributed by atoms with Crippen LogP contribution in [0.25, 0.3) is 22.0 Å². The third-order valence-corrected chi connectivity index (χ3v) is 4.14. The highest BCUT2D eigenvalue weighted by molar-refractivity contribution is 5.95. The Morgan fingerprint density at radius 1 is 1.00 bits per heavy atom. The van der Waals surface area contributed by atoms with E-state index < -0.39 is 0 Å². The molecule has 0 aliphatic heterocycles. The zero-order valence-corrected chi connectivity index (χ0v) is 14.9. The zero-order valence-electron chi connectivity index (χ0n) is 14.9. The fourth-order valence-corrected chi connectivity index (χ4v) is 2.88. The fraction of sp³-hybridized carbons (Fsp3) is 0.143. The van der Waals surface area contributed by atoms with Crippen molar-refractivity contribution in [2.45, 2.75) is 13.0 Å². The Morgan fingerprint density at radius 3 is 2.78 bits per heavy atom. The van der Waals surface area contributed by atoms with E-state index in [0.29, 0.717) is 12.5 Å². The van der Waals surface area contributed by atoms with Gasteiger partial charge in [0.25, 0.3) is 0 Å². The molecule has 1 atom stereocenters. The molecule has 4 rings (SSSR count). The van der Waals surface area contributed by atoms with Gasteiger partial charge in [0.2, 0.25) is 5.95 Å². The van der Waals surface area contributed by atoms with E-state index in [2.05, 4.69) is 43.7 Å². The molecule has 0 spiro atoms. The number of ether oxygens (including phenoxy) is 1. The first-order chi connectivity index (χ1) is 13.3. The lowest BCUT2D eigenvalue weighted by molar-refractivity contribution is 0.233. The van der Waals surface area contributed by atoms with E-state index in [4.69, 9.17) is 4.74 Å². The van der Waals surface area contributed by atoms with Crippen molar-refractivity contribution >= 4 is 16.7 Å². The Labute approximate surface area is 157 Å². The van der Waals surface area contributed by atoms with Gasteiger partial charge in [0, 0.05) is 11.8 Å². The molecule has 0 unspecified atom stereocenters. The number of anilines is 1. The lowest BCUT2D eigenvalue weighted by atomic mass is 10.0. The van der Waals surface area contributed by atoms with Gasteiger partial charge in [0.15, 0.2) is 0 Å². The van der Waals surface area contributed by atoms with Crippen LogP contribution in [0.1, 0.15) is 6.92 Å². The molecular weight excluding hydrogens is 338 g/mol. The molecule has 6 nitrogen and oxygen atoms in total. The standard InChI is InChI=1S/C21H19N5O/c1-15(27-17-8-5-11-22-13-17)12-23-21-25-20(14-24-26-21)19-10-4-7-16-6-2-3-9-18(16)19/h2-11,13-15H,12H2,1H3,(H,23,25,26)/t15-/m0/s1. The monoisotopic (exact) mass is 357 g/mol. The SMILES string of the molecule is C[C@@H](CNc1nncc(-c2cccc3ccccc23)n1)Oc1cccnc1. The average Bonchev–Trinajstić information content (AvgIpc) is 2.73. The molecule has 1 N–H and O–H groups in total. The Kier molecular flexibility index (Phi) is 4.87. The van der Waals surface area contributed by atoms with Gasteiger partial charge in [0.1, 0.15) is 11.9 Å². The minimum absolute atomic E-state index is 0.0704. The van der Waals surface area contributed by atoms with Crippen LogP contribution in [0.5, 0.6) is 5.75 Å². The summed E-state index contributed by atoms with van der Waals surface area (Å²) in [5.74, 6) is 1.21. The van der Waals surface area contributed by atoms with Crippen LogP contribution in [0, 0.1) is 0 Å². The lowest BCUT2D eigenvalue weighted by Gasteiger charge is -2.15. The van der Waals surface area contributed by atoms with Crippen molar-refractivity contribution in [2.75, 3.05) is 11.9 Å². The van der Waals surface area contributed by atoms with E-state index in [9.17, 15) is 0 Å². The summed E-state index contributed by atoms with van der Waals surface area (Å²) in [6, 6.07) is 18.1. The Balaban J connectivity index is 1.49. The number of fused-ring (bicyclic) bond motifs is 1. The molecule has 0 aliphatic carbocycles. The molecule has 0 bridgehead atoms. The highest BCUT2D eigenvalue weighted by Gasteiger charge is 2.09. The molecule has 0 amide bonds. The number of hydrogen-bond acceptors (Lipinski definition) is 6. The third kappa shape index (κ3) is 4.00. The number of rotatable bonds is 6. The summed E-state index contributed by atoms with van der Waals surface area (Å²) in [5.41, 5.74) is 1.82. The molecule has 2 heterocycles. The van der Waals surface area contributed by atoms with Gasteiger partial charge in [-0.05, 0) is 29.8 Å². The van der Waals surface area contributed by atoms with E-state index >= 15 is 0 Å². The first-order valence-electron chi connectivity index (χ1n) is 8.78. The van der Waals surface area contributed by atoms with Gasteiger partial charge < -0.3 is 10.1 Å². The van der Waals surface area contributed by atoms with E-state index in [1.54, 1.807) is 18.6 Å². The molecular formula is C21H19N5O. The van der Waals surface area contributed by atoms with Crippen LogP contribution < -0.4 is 10.1 Å². The summed E-state index contributed by atoms with van der Waals surface area (Å²) in [7, 11) is 0. The highest BCUT2D eigenvalue weighted by atomic mass is 16.5. The maximum absolute atomic E-state index is 5.81. The second-order valence-electron chi connectivity index (χ2n) is 6.19. The molecule has 2 aromatic carbocycles. The molecule has 0 saturated heterocycles. The van der Waals surface area contributed by atoms with Crippen LogP contribution in [0.2, 0.25) is 0 Å². The van der Waals surface area contributed by atoms with Crippen molar-refractivity contribution in [3.63, 3.8) is 0 Å². The summed E-state index contributed by atoms with van der Waals surface area (Å²) in [5, 5.41) is 13.7. The van der Waals surface area contributed by atoms with Crippen molar-refractivity contribution in [1.82, 2.24) is 20.2 Å². The van der Waals surface area contributed by atoms with Gasteiger partial charge in [0.05, 0.1) is 24.6 Å². The van der Waals surface area contributed by atoms with Crippen LogP contribution >= 0.6 is 0 Å². The highest BCUT2D eigenvalue weighted by Crippen LogP contribution is 2.26. The van der Waals surface area contributed by atoms with Crippen molar-refractivity contribution in [1.29, 1.82) is 0 Å². The molecule has 2 aromatic heterocycles. The van der Waals surface area contributed by atoms with Crippen LogP contribution in [-0.2, 0) is 0 Å². The molecule has 0 radical (unpaired) electrons. The minimum Gasteiger partial charge on any atom is -0.487 e. The first kappa shape index (κ1) is 16.9. The summed E-state index contributed by atoms with van der Waals surface area (Å²) >= 11 is 0. The Bertz CT molecular complexity index is 1030. The van der Waals surface area contributed by atoms with Gasteiger partial charge in [-0.2, -0.15) is 5.10 Å². The lowest BCUT2D eigenvalue weighted by Crippen LogP contribution is -2.23. The molecule has 0 aliphatic rings. The molecule has 6 heteroatoms. The topological polar surface area (TPSA) is 72.8 Å². The number of nitrogens with one attached hydrogen (secondary N) is 1. The predicted octanol–water partition coefficient (Wildman–Crippen LogP) is 3.97. The van der Waals surface area contributed by atoms with Gasteiger partial charge in [-0.15, -0.1) is 5.10 Å². The predicted molar refractivity (Wildman–Crippen MR) is 106 cm³/mol. The minimum atomic E-state index is -0.0704. The number of benzene rings is 2. The molecule has 4 aromatic rings. The van der Waals surface area contributed by atoms with Crippen LogP contribution in [-0.4, -0.2) is 32.8 Å². The number of nitrogens with zero attached hydrogens (tertiary/aromatic N) is 4. The fourth-order valence-electron chi connectivity index (χ4n) is 2.88. The van der Waals surface area contributed by atoms with Crippen molar-refractivity contribution in [3.8, 4) is 17.0 Å². The smallest absolute Gasteiger partial charge is 0.243 e. The molecule has 0 fully saturated rings. The molecule has 134 valence electrons. The normalized spacial score (nSPS) is 11.9. The van der Waals surface area contributed by atoms with Crippen molar-refractivity contribution in [3.05, 3.63) is 73.2 Å². The quantitative estimate of drug-likeness (QED) is 0.563. The Morgan fingerprint density at radius 2 is 1.89 bits per heavy atom. The van der Waals surface area contributed by atoms with E-state index in [1.165, 1.54) is 5.39 Å². The third-order valence-electron chi connectivity index (χ3n) is 4.14. The maximum Gasteiger partial charge on any atom is 0.243 e. The van der Waals surface area contributed by atoms with Gasteiger partial charge >= 0.3 is 0 Å². The van der Waals surface area contributed by atoms with E-state index in [0.717, 1.165) is 22.4 Å². The van der Waals surface area contributed by atoms with Gasteiger partial charge in [-0.3, -0.25) is 4.98 Å². The van der Waals surface area contributed by atoms with Crippen LogP contribution in [0.15, 0.2) is 73.2 Å². The summed E-state index contributed by atoms with van der Waals surface area (Å²) in [4.78, 5) is 8.67. The average molecular weight is 357 g/mol. The number of hydrogen-bond donors (Lipinski definition) is 1. The molecule has 0 saturated carbocycles. The maximum atomic E-state index is 5.81. The first-order valence-corrected chi connectivity index (χ1v) is 8.78. The largest absolute Gasteiger partial charge is 0.487 e. The van der Waals surface area contributed by atoms with Crippen LogP contribution in [0.4, 0.5) is 5.95 Å². The number of pyridine rings is 1. The van der Waals surface area contributed by atoms with Crippen molar-refractivity contribution in [2.24, 2.45) is 0 Å². The second kappa shape index (κ2) is 7.78. The summed E-state index contributed by atoms with van der Waals surface area (Å²) in [6.45, 7) is 2.53. The summed E-state index contributed by atoms with van der Waals surface area (Å²) < 4.78 is 5.81. The second-order valence-corrected chi connectivity index (χ2v) is 6.19. The van der Waals surface area contributed by atoms with Gasteiger partial charge in [-0.25, -0.2) is 4.98 Å². The van der Waals surface area contributed by atoms with Crippen molar-refractivity contribution < 1.29 is 4.74 Å².